The van der Waals surface area contributed by atoms with Gasteiger partial charge in [-0.2, -0.15) is 0 Å². The van der Waals surface area contributed by atoms with Gasteiger partial charge in [0, 0.05) is 10.4 Å². The van der Waals surface area contributed by atoms with Crippen LogP contribution in [0.2, 0.25) is 0 Å². The lowest BCUT2D eigenvalue weighted by Gasteiger charge is -2.02. The molecule has 0 unspecified atom stereocenters. The first-order valence-electron chi connectivity index (χ1n) is 6.92. The minimum atomic E-state index is -0.928. The van der Waals surface area contributed by atoms with E-state index in [1.165, 1.54) is 17.4 Å². The minimum absolute atomic E-state index is 0.124. The number of hydrogen-bond acceptors (Lipinski definition) is 4. The molecule has 0 saturated carbocycles. The fraction of sp³-hybridized carbons (Fsp3) is 0.0588. The van der Waals surface area contributed by atoms with Crippen LogP contribution in [0.4, 0.5) is 15.2 Å². The van der Waals surface area contributed by atoms with Crippen molar-refractivity contribution in [1.82, 2.24) is 4.98 Å². The minimum Gasteiger partial charge on any atom is -0.481 e. The van der Waals surface area contributed by atoms with Crippen molar-refractivity contribution >= 4 is 28.1 Å². The van der Waals surface area contributed by atoms with Crippen LogP contribution in [0.3, 0.4) is 0 Å². The molecule has 4 nitrogen and oxygen atoms in total. The SMILES string of the molecule is O=C(O)Cc1sc(Nc2ccccc2F)nc1-c1ccccc1. The lowest BCUT2D eigenvalue weighted by molar-refractivity contribution is -0.136. The predicted molar refractivity (Wildman–Crippen MR) is 88.6 cm³/mol. The van der Waals surface area contributed by atoms with Crippen LogP contribution in [0.5, 0.6) is 0 Å². The van der Waals surface area contributed by atoms with E-state index in [4.69, 9.17) is 5.11 Å². The van der Waals surface area contributed by atoms with Gasteiger partial charge in [-0.05, 0) is 12.1 Å². The highest BCUT2D eigenvalue weighted by Crippen LogP contribution is 2.33. The van der Waals surface area contributed by atoms with Gasteiger partial charge in [-0.1, -0.05) is 42.5 Å². The van der Waals surface area contributed by atoms with Crippen molar-refractivity contribution in [1.29, 1.82) is 0 Å². The van der Waals surface area contributed by atoms with Crippen molar-refractivity contribution in [2.45, 2.75) is 6.42 Å². The summed E-state index contributed by atoms with van der Waals surface area (Å²) in [7, 11) is 0. The molecule has 0 aliphatic heterocycles. The molecule has 0 radical (unpaired) electrons. The molecule has 0 saturated heterocycles. The van der Waals surface area contributed by atoms with E-state index >= 15 is 0 Å². The van der Waals surface area contributed by atoms with Gasteiger partial charge in [0.25, 0.3) is 0 Å². The summed E-state index contributed by atoms with van der Waals surface area (Å²) in [4.78, 5) is 16.1. The number of carbonyl (C=O) groups is 1. The Morgan fingerprint density at radius 2 is 1.83 bits per heavy atom. The zero-order chi connectivity index (χ0) is 16.2. The number of nitrogens with one attached hydrogen (secondary N) is 1. The number of nitrogens with zero attached hydrogens (tertiary/aromatic N) is 1. The molecule has 1 heterocycles. The molecule has 0 aliphatic carbocycles. The van der Waals surface area contributed by atoms with E-state index in [0.29, 0.717) is 21.4 Å². The van der Waals surface area contributed by atoms with Crippen LogP contribution in [0.15, 0.2) is 54.6 Å². The van der Waals surface area contributed by atoms with Crippen molar-refractivity contribution in [2.24, 2.45) is 0 Å². The van der Waals surface area contributed by atoms with Crippen LogP contribution in [-0.2, 0) is 11.2 Å². The Morgan fingerprint density at radius 3 is 2.52 bits per heavy atom. The Hall–Kier alpha value is -2.73. The second-order valence-corrected chi connectivity index (χ2v) is 5.92. The molecule has 0 fully saturated rings. The summed E-state index contributed by atoms with van der Waals surface area (Å²) >= 11 is 1.22. The maximum Gasteiger partial charge on any atom is 0.308 e. The number of para-hydroxylation sites is 1. The van der Waals surface area contributed by atoms with Crippen LogP contribution >= 0.6 is 11.3 Å². The van der Waals surface area contributed by atoms with E-state index in [1.807, 2.05) is 30.3 Å². The average Bonchev–Trinajstić information content (AvgIpc) is 2.92. The number of carboxylic acids is 1. The molecule has 0 bridgehead atoms. The lowest BCUT2D eigenvalue weighted by Crippen LogP contribution is -1.99. The van der Waals surface area contributed by atoms with Crippen molar-refractivity contribution in [3.63, 3.8) is 0 Å². The molecule has 0 spiro atoms. The normalized spacial score (nSPS) is 10.5. The summed E-state index contributed by atoms with van der Waals surface area (Å²) in [6, 6.07) is 15.6. The standard InChI is InChI=1S/C17H13FN2O2S/c18-12-8-4-5-9-13(12)19-17-20-16(11-6-2-1-3-7-11)14(23-17)10-15(21)22/h1-9H,10H2,(H,19,20)(H,21,22). The number of anilines is 2. The molecule has 2 aromatic carbocycles. The summed E-state index contributed by atoms with van der Waals surface area (Å²) in [5, 5.41) is 12.5. The van der Waals surface area contributed by atoms with E-state index in [2.05, 4.69) is 10.3 Å². The van der Waals surface area contributed by atoms with Crippen LogP contribution in [-0.4, -0.2) is 16.1 Å². The van der Waals surface area contributed by atoms with Crippen LogP contribution < -0.4 is 5.32 Å². The van der Waals surface area contributed by atoms with Crippen molar-refractivity contribution < 1.29 is 14.3 Å². The fourth-order valence-electron chi connectivity index (χ4n) is 2.16. The van der Waals surface area contributed by atoms with Crippen molar-refractivity contribution in [3.8, 4) is 11.3 Å². The zero-order valence-corrected chi connectivity index (χ0v) is 12.8. The van der Waals surface area contributed by atoms with Gasteiger partial charge < -0.3 is 10.4 Å². The average molecular weight is 328 g/mol. The highest BCUT2D eigenvalue weighted by Gasteiger charge is 2.16. The summed E-state index contributed by atoms with van der Waals surface area (Å²) in [5.41, 5.74) is 1.75. The number of hydrogen-bond donors (Lipinski definition) is 2. The molecule has 2 N–H and O–H groups in total. The van der Waals surface area contributed by atoms with Gasteiger partial charge in [0.2, 0.25) is 0 Å². The fourth-order valence-corrected chi connectivity index (χ4v) is 3.15. The molecule has 0 atom stereocenters. The number of thiazole rings is 1. The Balaban J connectivity index is 1.98. The number of carboxylic acid groups (broad SMARTS) is 1. The first-order valence-corrected chi connectivity index (χ1v) is 7.73. The van der Waals surface area contributed by atoms with Gasteiger partial charge in [0.05, 0.1) is 17.8 Å². The van der Waals surface area contributed by atoms with Crippen LogP contribution in [0, 0.1) is 5.82 Å². The van der Waals surface area contributed by atoms with Gasteiger partial charge in [-0.3, -0.25) is 4.79 Å². The van der Waals surface area contributed by atoms with Gasteiger partial charge in [0.1, 0.15) is 5.82 Å². The molecule has 23 heavy (non-hydrogen) atoms. The quantitative estimate of drug-likeness (QED) is 0.732. The summed E-state index contributed by atoms with van der Waals surface area (Å²) in [6.07, 6.45) is -0.124. The predicted octanol–water partition coefficient (Wildman–Crippen LogP) is 4.32. The molecular weight excluding hydrogens is 315 g/mol. The van der Waals surface area contributed by atoms with E-state index in [0.717, 1.165) is 5.56 Å². The van der Waals surface area contributed by atoms with E-state index in [-0.39, 0.29) is 12.2 Å². The Kier molecular flexibility index (Phi) is 4.34. The maximum atomic E-state index is 13.7. The molecule has 3 aromatic rings. The molecule has 3 rings (SSSR count). The molecule has 0 amide bonds. The molecular formula is C17H13FN2O2S. The first kappa shape index (κ1) is 15.2. The Morgan fingerprint density at radius 1 is 1.13 bits per heavy atom. The largest absolute Gasteiger partial charge is 0.481 e. The highest BCUT2D eigenvalue weighted by molar-refractivity contribution is 7.16. The first-order chi connectivity index (χ1) is 11.1. The summed E-state index contributed by atoms with van der Waals surface area (Å²) in [5.74, 6) is -1.31. The number of aliphatic carboxylic acids is 1. The topological polar surface area (TPSA) is 62.2 Å². The van der Waals surface area contributed by atoms with Gasteiger partial charge in [0.15, 0.2) is 5.13 Å². The number of rotatable bonds is 5. The second kappa shape index (κ2) is 6.58. The summed E-state index contributed by atoms with van der Waals surface area (Å²) < 4.78 is 13.7. The van der Waals surface area contributed by atoms with E-state index in [1.54, 1.807) is 18.2 Å². The number of benzene rings is 2. The van der Waals surface area contributed by atoms with E-state index in [9.17, 15) is 9.18 Å². The number of aromatic nitrogens is 1. The second-order valence-electron chi connectivity index (χ2n) is 4.83. The lowest BCUT2D eigenvalue weighted by atomic mass is 10.1. The smallest absolute Gasteiger partial charge is 0.308 e. The third-order valence-corrected chi connectivity index (χ3v) is 4.14. The van der Waals surface area contributed by atoms with Crippen LogP contribution in [0.1, 0.15) is 4.88 Å². The van der Waals surface area contributed by atoms with Crippen molar-refractivity contribution in [2.75, 3.05) is 5.32 Å². The molecule has 6 heteroatoms. The number of halogens is 1. The zero-order valence-electron chi connectivity index (χ0n) is 12.0. The monoisotopic (exact) mass is 328 g/mol. The third kappa shape index (κ3) is 3.54. The van der Waals surface area contributed by atoms with Gasteiger partial charge >= 0.3 is 5.97 Å². The third-order valence-electron chi connectivity index (χ3n) is 3.17. The maximum absolute atomic E-state index is 13.7. The summed E-state index contributed by atoms with van der Waals surface area (Å²) in [6.45, 7) is 0. The highest BCUT2D eigenvalue weighted by atomic mass is 32.1. The Bertz CT molecular complexity index is 834. The van der Waals surface area contributed by atoms with Gasteiger partial charge in [-0.25, -0.2) is 9.37 Å². The van der Waals surface area contributed by atoms with Crippen LogP contribution in [0.25, 0.3) is 11.3 Å². The van der Waals surface area contributed by atoms with Crippen molar-refractivity contribution in [3.05, 3.63) is 65.3 Å². The molecule has 0 aliphatic rings. The molecule has 1 aromatic heterocycles. The Labute approximate surface area is 136 Å². The van der Waals surface area contributed by atoms with Gasteiger partial charge in [-0.15, -0.1) is 11.3 Å². The molecule has 116 valence electrons. The van der Waals surface area contributed by atoms with E-state index < -0.39 is 5.97 Å².